The van der Waals surface area contributed by atoms with Crippen LogP contribution in [-0.2, 0) is 11.3 Å². The van der Waals surface area contributed by atoms with Gasteiger partial charge < -0.3 is 46.4 Å². The Morgan fingerprint density at radius 3 is 2.59 bits per heavy atom. The predicted octanol–water partition coefficient (Wildman–Crippen LogP) is 7.35. The van der Waals surface area contributed by atoms with Crippen molar-refractivity contribution in [2.45, 2.75) is 105 Å². The van der Waals surface area contributed by atoms with E-state index >= 15 is 0 Å². The summed E-state index contributed by atoms with van der Waals surface area (Å²) in [6.45, 7) is 16.3. The van der Waals surface area contributed by atoms with Gasteiger partial charge in [0.2, 0.25) is 5.13 Å². The number of rotatable bonds is 15. The van der Waals surface area contributed by atoms with E-state index in [1.165, 1.54) is 11.3 Å². The molecule has 330 valence electrons. The van der Waals surface area contributed by atoms with E-state index in [9.17, 15) is 25.8 Å². The number of aromatic nitrogens is 3. The number of nitrogens with zero attached hydrogens (tertiary/aromatic N) is 5. The SMILES string of the molecule is CC[C@@]1(C)CC2(Cn3ncc(C4=CC=C(N5CCC/C(=C(C)/C(N)=N/c6nc7ccccc7s6)C5=N)NC4=C(O)O)c3C)CC(C)(C)CC(OCCNCC(CO)CO)(C2)C1. The zero-order valence-corrected chi connectivity index (χ0v) is 37.5. The molecule has 1 aromatic carbocycles. The first-order valence-electron chi connectivity index (χ1n) is 21.7. The average Bonchev–Trinajstić information content (AvgIpc) is 3.79. The first kappa shape index (κ1) is 44.5. The Balaban J connectivity index is 1.12. The Bertz CT molecular complexity index is 2250. The maximum atomic E-state index is 10.7. The molecule has 3 aromatic rings. The maximum absolute atomic E-state index is 10.7. The fraction of sp³-hybridized carbons (Fsp3) is 0.565. The summed E-state index contributed by atoms with van der Waals surface area (Å²) < 4.78 is 10.1. The van der Waals surface area contributed by atoms with Crippen LogP contribution in [0.5, 0.6) is 0 Å². The number of hydrogen-bond donors (Lipinski definition) is 8. The Hall–Kier alpha value is -4.54. The average molecular weight is 856 g/mol. The van der Waals surface area contributed by atoms with E-state index < -0.39 is 5.95 Å². The Kier molecular flexibility index (Phi) is 12.9. The summed E-state index contributed by atoms with van der Waals surface area (Å²) in [6, 6.07) is 7.86. The van der Waals surface area contributed by atoms with E-state index in [2.05, 4.69) is 53.0 Å². The van der Waals surface area contributed by atoms with E-state index in [1.54, 1.807) is 0 Å². The third-order valence-corrected chi connectivity index (χ3v) is 14.3. The number of dihydropyridines is 1. The van der Waals surface area contributed by atoms with Crippen LogP contribution in [0.3, 0.4) is 0 Å². The number of piperidine rings is 1. The van der Waals surface area contributed by atoms with Crippen LogP contribution in [0.1, 0.15) is 97.2 Å². The number of thiazole rings is 1. The second-order valence-corrected chi connectivity index (χ2v) is 20.1. The van der Waals surface area contributed by atoms with Gasteiger partial charge in [-0.15, -0.1) is 0 Å². The third kappa shape index (κ3) is 9.46. The van der Waals surface area contributed by atoms with Crippen LogP contribution in [0.4, 0.5) is 5.13 Å². The van der Waals surface area contributed by atoms with Crippen molar-refractivity contribution in [3.8, 4) is 0 Å². The zero-order valence-electron chi connectivity index (χ0n) is 36.6. The van der Waals surface area contributed by atoms with Gasteiger partial charge in [0.05, 0.1) is 28.6 Å². The summed E-state index contributed by atoms with van der Waals surface area (Å²) in [5.74, 6) is 0.121. The number of allylic oxidation sites excluding steroid dienone is 3. The highest BCUT2D eigenvalue weighted by Gasteiger charge is 2.59. The Morgan fingerprint density at radius 1 is 1.10 bits per heavy atom. The van der Waals surface area contributed by atoms with Crippen LogP contribution < -0.4 is 16.4 Å². The summed E-state index contributed by atoms with van der Waals surface area (Å²) in [5.41, 5.74) is 11.1. The molecule has 3 fully saturated rings. The van der Waals surface area contributed by atoms with Gasteiger partial charge in [0.1, 0.15) is 23.2 Å². The van der Waals surface area contributed by atoms with Crippen LogP contribution in [0.2, 0.25) is 0 Å². The number of amidine groups is 2. The molecule has 15 heteroatoms. The number of aliphatic hydroxyl groups is 4. The molecule has 0 radical (unpaired) electrons. The van der Waals surface area contributed by atoms with Crippen molar-refractivity contribution in [2.75, 3.05) is 39.5 Å². The Labute approximate surface area is 363 Å². The molecule has 1 saturated heterocycles. The molecule has 9 N–H and O–H groups in total. The number of nitrogens with one attached hydrogen (secondary N) is 3. The van der Waals surface area contributed by atoms with Crippen molar-refractivity contribution < 1.29 is 25.2 Å². The molecule has 2 aromatic heterocycles. The molecule has 7 rings (SSSR count). The van der Waals surface area contributed by atoms with E-state index in [-0.39, 0.29) is 52.5 Å². The summed E-state index contributed by atoms with van der Waals surface area (Å²) in [6.07, 6.45) is 13.0. The minimum atomic E-state index is -0.843. The van der Waals surface area contributed by atoms with Crippen molar-refractivity contribution in [1.82, 2.24) is 30.3 Å². The highest BCUT2D eigenvalue weighted by molar-refractivity contribution is 7.22. The van der Waals surface area contributed by atoms with Crippen molar-refractivity contribution >= 4 is 43.9 Å². The fourth-order valence-electron chi connectivity index (χ4n) is 11.0. The highest BCUT2D eigenvalue weighted by Crippen LogP contribution is 2.64. The molecule has 2 aliphatic heterocycles. The zero-order chi connectivity index (χ0) is 43.7. The van der Waals surface area contributed by atoms with Gasteiger partial charge in [0.25, 0.3) is 5.95 Å². The smallest absolute Gasteiger partial charge is 0.299 e. The summed E-state index contributed by atoms with van der Waals surface area (Å²) in [5, 5.41) is 61.8. The quantitative estimate of drug-likeness (QED) is 0.0328. The van der Waals surface area contributed by atoms with Crippen molar-refractivity contribution in [3.05, 3.63) is 82.5 Å². The van der Waals surface area contributed by atoms with Gasteiger partial charge in [-0.2, -0.15) is 5.10 Å². The van der Waals surface area contributed by atoms with Gasteiger partial charge in [0.15, 0.2) is 0 Å². The minimum Gasteiger partial charge on any atom is -0.480 e. The number of likely N-dealkylation sites (tertiary alicyclic amines) is 1. The molecule has 14 nitrogen and oxygen atoms in total. The lowest BCUT2D eigenvalue weighted by Gasteiger charge is -2.62. The monoisotopic (exact) mass is 855 g/mol. The molecular weight excluding hydrogens is 791 g/mol. The number of para-hydroxylation sites is 1. The molecule has 0 amide bonds. The van der Waals surface area contributed by atoms with Crippen LogP contribution in [0.15, 0.2) is 76.2 Å². The largest absolute Gasteiger partial charge is 0.480 e. The highest BCUT2D eigenvalue weighted by atomic mass is 32.1. The minimum absolute atomic E-state index is 0.0454. The van der Waals surface area contributed by atoms with E-state index in [1.807, 2.05) is 61.4 Å². The topological polar surface area (TPSA) is 210 Å². The van der Waals surface area contributed by atoms with Gasteiger partial charge in [-0.3, -0.25) is 10.1 Å². The van der Waals surface area contributed by atoms with Gasteiger partial charge >= 0.3 is 0 Å². The lowest BCUT2D eigenvalue weighted by atomic mass is 9.47. The van der Waals surface area contributed by atoms with Crippen molar-refractivity contribution in [1.29, 1.82) is 5.41 Å². The lowest BCUT2D eigenvalue weighted by Crippen LogP contribution is -2.58. The van der Waals surface area contributed by atoms with Crippen molar-refractivity contribution in [3.63, 3.8) is 0 Å². The first-order chi connectivity index (χ1) is 29.0. The number of aliphatic hydroxyl groups excluding tert-OH is 3. The molecule has 2 saturated carbocycles. The van der Waals surface area contributed by atoms with Gasteiger partial charge in [0, 0.05) is 67.7 Å². The number of benzene rings is 1. The normalized spacial score (nSPS) is 26.4. The summed E-state index contributed by atoms with van der Waals surface area (Å²) >= 11 is 1.47. The molecule has 3 atom stereocenters. The third-order valence-electron chi connectivity index (χ3n) is 13.4. The second kappa shape index (κ2) is 17.7. The van der Waals surface area contributed by atoms with Crippen molar-refractivity contribution in [2.24, 2.45) is 32.9 Å². The number of hydrogen-bond acceptors (Lipinski definition) is 12. The number of ether oxygens (including phenoxy) is 1. The molecule has 0 spiro atoms. The number of fused-ring (bicyclic) bond motifs is 3. The van der Waals surface area contributed by atoms with Crippen LogP contribution in [0.25, 0.3) is 15.8 Å². The van der Waals surface area contributed by atoms with Crippen LogP contribution in [-0.4, -0.2) is 96.8 Å². The molecule has 4 heterocycles. The van der Waals surface area contributed by atoms with E-state index in [0.29, 0.717) is 61.6 Å². The van der Waals surface area contributed by atoms with E-state index in [4.69, 9.17) is 15.6 Å². The fourth-order valence-corrected chi connectivity index (χ4v) is 11.9. The lowest BCUT2D eigenvalue weighted by molar-refractivity contribution is -0.199. The van der Waals surface area contributed by atoms with Crippen LogP contribution in [0, 0.1) is 34.5 Å². The molecule has 2 aliphatic carbocycles. The van der Waals surface area contributed by atoms with Gasteiger partial charge in [-0.1, -0.05) is 57.6 Å². The molecule has 61 heavy (non-hydrogen) atoms. The molecule has 2 bridgehead atoms. The number of nitrogens with two attached hydrogens (primary N) is 1. The standard InChI is InChI=1S/C46H65N9O5S/c1-7-44(6)25-45(23-43(4,5)24-46(26-44,27-45)60-18-16-49-19-31(21-56)22-57)28-55-30(3)34(20-50-55)33-14-15-37(52-38(33)41(58)59)54-17-10-11-32(40(54)48)29(2)39(47)53-42-51-35-12-8-9-13-36(35)61-42/h8-9,12-15,20,31,48-49,52,56-59H,7,10-11,16-19,21-28H2,1-6H3,(H2,47,51,53)/b32-29-,48-40?/t44-,45?,46?/m0/s1. The summed E-state index contributed by atoms with van der Waals surface area (Å²) in [7, 11) is 0. The predicted molar refractivity (Wildman–Crippen MR) is 243 cm³/mol. The molecule has 4 aliphatic rings. The Morgan fingerprint density at radius 2 is 1.87 bits per heavy atom. The second-order valence-electron chi connectivity index (χ2n) is 19.1. The number of aliphatic imine (C=N–C) groups is 1. The van der Waals surface area contributed by atoms with Gasteiger partial charge in [-0.05, 0) is 105 Å². The van der Waals surface area contributed by atoms with Gasteiger partial charge in [-0.25, -0.2) is 9.98 Å². The maximum Gasteiger partial charge on any atom is 0.299 e. The first-order valence-corrected chi connectivity index (χ1v) is 22.5. The molecular formula is C46H65N9O5S. The van der Waals surface area contributed by atoms with Crippen LogP contribution >= 0.6 is 11.3 Å². The molecule has 2 unspecified atom stereocenters. The van der Waals surface area contributed by atoms with E-state index in [0.717, 1.165) is 77.6 Å². The summed E-state index contributed by atoms with van der Waals surface area (Å²) in [4.78, 5) is 11.1.